The molecule has 0 aromatic carbocycles. The van der Waals surface area contributed by atoms with Crippen molar-refractivity contribution in [3.63, 3.8) is 0 Å². The normalized spacial score (nSPS) is 10.6. The third kappa shape index (κ3) is 1.70. The van der Waals surface area contributed by atoms with Gasteiger partial charge in [-0.1, -0.05) is 6.07 Å². The molecule has 3 aromatic heterocycles. The van der Waals surface area contributed by atoms with Gasteiger partial charge in [-0.3, -0.25) is 10.1 Å². The van der Waals surface area contributed by atoms with Crippen molar-refractivity contribution in [3.8, 4) is 22.4 Å². The fourth-order valence-electron chi connectivity index (χ4n) is 1.77. The zero-order valence-corrected chi connectivity index (χ0v) is 9.74. The second-order valence-electron chi connectivity index (χ2n) is 3.61. The lowest BCUT2D eigenvalue weighted by Crippen LogP contribution is -1.88. The van der Waals surface area contributed by atoms with Crippen LogP contribution in [0.4, 0.5) is 5.82 Å². The number of nitrogen functional groups attached to an aromatic ring is 1. The van der Waals surface area contributed by atoms with Gasteiger partial charge >= 0.3 is 0 Å². The number of pyridine rings is 1. The molecule has 4 nitrogen and oxygen atoms in total. The number of aromatic nitrogens is 3. The van der Waals surface area contributed by atoms with Gasteiger partial charge in [0.1, 0.15) is 0 Å². The number of hydrogen-bond donors (Lipinski definition) is 2. The summed E-state index contributed by atoms with van der Waals surface area (Å²) < 4.78 is 0. The fourth-order valence-corrected chi connectivity index (χ4v) is 2.42. The van der Waals surface area contributed by atoms with E-state index in [1.54, 1.807) is 23.7 Å². The van der Waals surface area contributed by atoms with Crippen molar-refractivity contribution in [2.24, 2.45) is 0 Å². The quantitative estimate of drug-likeness (QED) is 0.726. The molecule has 3 rings (SSSR count). The van der Waals surface area contributed by atoms with E-state index in [4.69, 9.17) is 5.73 Å². The van der Waals surface area contributed by atoms with Crippen molar-refractivity contribution in [2.45, 2.75) is 0 Å². The number of rotatable bonds is 2. The standard InChI is InChI=1S/C12H10N4S/c13-12-10(8-2-1-4-14-6-8)11(15-16-12)9-3-5-17-7-9/h1-7H,(H3,13,15,16). The Morgan fingerprint density at radius 1 is 1.24 bits per heavy atom. The lowest BCUT2D eigenvalue weighted by molar-refractivity contribution is 1.10. The smallest absolute Gasteiger partial charge is 0.153 e. The lowest BCUT2D eigenvalue weighted by Gasteiger charge is -2.01. The highest BCUT2D eigenvalue weighted by Crippen LogP contribution is 2.34. The van der Waals surface area contributed by atoms with Crippen LogP contribution in [-0.4, -0.2) is 15.2 Å². The van der Waals surface area contributed by atoms with Gasteiger partial charge in [0.25, 0.3) is 0 Å². The number of thiophene rings is 1. The van der Waals surface area contributed by atoms with Crippen LogP contribution in [-0.2, 0) is 0 Å². The summed E-state index contributed by atoms with van der Waals surface area (Å²) in [5.41, 5.74) is 9.84. The van der Waals surface area contributed by atoms with Crippen molar-refractivity contribution in [3.05, 3.63) is 41.4 Å². The van der Waals surface area contributed by atoms with Gasteiger partial charge in [-0.05, 0) is 17.5 Å². The molecule has 0 radical (unpaired) electrons. The predicted molar refractivity (Wildman–Crippen MR) is 69.5 cm³/mol. The molecule has 0 bridgehead atoms. The average molecular weight is 242 g/mol. The molecular weight excluding hydrogens is 232 g/mol. The number of nitrogens with one attached hydrogen (secondary N) is 1. The first-order valence-corrected chi connectivity index (χ1v) is 6.07. The minimum Gasteiger partial charge on any atom is -0.382 e. The molecule has 0 aliphatic rings. The molecular formula is C12H10N4S. The van der Waals surface area contributed by atoms with Crippen LogP contribution in [0, 0.1) is 0 Å². The van der Waals surface area contributed by atoms with Crippen LogP contribution in [0.3, 0.4) is 0 Å². The second kappa shape index (κ2) is 4.03. The number of anilines is 1. The fraction of sp³-hybridized carbons (Fsp3) is 0. The summed E-state index contributed by atoms with van der Waals surface area (Å²) in [6, 6.07) is 5.90. The van der Waals surface area contributed by atoms with Gasteiger partial charge in [-0.25, -0.2) is 0 Å². The first kappa shape index (κ1) is 10.0. The Labute approximate surface area is 102 Å². The average Bonchev–Trinajstić information content (AvgIpc) is 2.98. The van der Waals surface area contributed by atoms with Gasteiger partial charge in [-0.15, -0.1) is 0 Å². The minimum absolute atomic E-state index is 0.499. The van der Waals surface area contributed by atoms with Crippen LogP contribution in [0.15, 0.2) is 41.4 Å². The van der Waals surface area contributed by atoms with Gasteiger partial charge in [0, 0.05) is 28.9 Å². The van der Waals surface area contributed by atoms with Crippen molar-refractivity contribution in [1.82, 2.24) is 15.2 Å². The van der Waals surface area contributed by atoms with E-state index in [-0.39, 0.29) is 0 Å². The van der Waals surface area contributed by atoms with E-state index in [0.717, 1.165) is 22.4 Å². The Hall–Kier alpha value is -2.14. The molecule has 0 saturated carbocycles. The molecule has 0 atom stereocenters. The summed E-state index contributed by atoms with van der Waals surface area (Å²) >= 11 is 1.64. The van der Waals surface area contributed by atoms with E-state index in [9.17, 15) is 0 Å². The number of hydrogen-bond acceptors (Lipinski definition) is 4. The number of H-pyrrole nitrogens is 1. The lowest BCUT2D eigenvalue weighted by atomic mass is 10.0. The Balaban J connectivity index is 2.20. The van der Waals surface area contributed by atoms with Crippen LogP contribution >= 0.6 is 11.3 Å². The third-order valence-corrected chi connectivity index (χ3v) is 3.24. The SMILES string of the molecule is Nc1n[nH]c(-c2ccsc2)c1-c1cccnc1. The largest absolute Gasteiger partial charge is 0.382 e. The monoisotopic (exact) mass is 242 g/mol. The van der Waals surface area contributed by atoms with Gasteiger partial charge in [0.05, 0.1) is 11.3 Å². The van der Waals surface area contributed by atoms with E-state index in [1.807, 2.05) is 23.6 Å². The van der Waals surface area contributed by atoms with Crippen molar-refractivity contribution < 1.29 is 0 Å². The Kier molecular flexibility index (Phi) is 2.38. The van der Waals surface area contributed by atoms with Gasteiger partial charge < -0.3 is 5.73 Å². The number of nitrogens with two attached hydrogens (primary N) is 1. The molecule has 3 aromatic rings. The molecule has 5 heteroatoms. The molecule has 0 unspecified atom stereocenters. The maximum Gasteiger partial charge on any atom is 0.153 e. The summed E-state index contributed by atoms with van der Waals surface area (Å²) in [5, 5.41) is 11.1. The summed E-state index contributed by atoms with van der Waals surface area (Å²) in [6.45, 7) is 0. The molecule has 0 fully saturated rings. The zero-order valence-electron chi connectivity index (χ0n) is 8.92. The Morgan fingerprint density at radius 2 is 2.18 bits per heavy atom. The van der Waals surface area contributed by atoms with Crippen LogP contribution in [0.1, 0.15) is 0 Å². The highest BCUT2D eigenvalue weighted by atomic mass is 32.1. The molecule has 0 amide bonds. The summed E-state index contributed by atoms with van der Waals surface area (Å²) in [7, 11) is 0. The Morgan fingerprint density at radius 3 is 2.88 bits per heavy atom. The Bertz CT molecular complexity index is 613. The first-order valence-electron chi connectivity index (χ1n) is 5.13. The highest BCUT2D eigenvalue weighted by molar-refractivity contribution is 7.08. The minimum atomic E-state index is 0.499. The maximum atomic E-state index is 5.91. The number of aromatic amines is 1. The highest BCUT2D eigenvalue weighted by Gasteiger charge is 2.14. The molecule has 3 N–H and O–H groups in total. The molecule has 84 valence electrons. The topological polar surface area (TPSA) is 67.6 Å². The summed E-state index contributed by atoms with van der Waals surface area (Å²) in [5.74, 6) is 0.499. The number of nitrogens with zero attached hydrogens (tertiary/aromatic N) is 2. The van der Waals surface area contributed by atoms with Crippen molar-refractivity contribution in [2.75, 3.05) is 5.73 Å². The third-order valence-electron chi connectivity index (χ3n) is 2.55. The van der Waals surface area contributed by atoms with Crippen molar-refractivity contribution in [1.29, 1.82) is 0 Å². The van der Waals surface area contributed by atoms with Crippen LogP contribution in [0.5, 0.6) is 0 Å². The van der Waals surface area contributed by atoms with Crippen LogP contribution < -0.4 is 5.73 Å². The molecule has 0 aliphatic heterocycles. The van der Waals surface area contributed by atoms with E-state index >= 15 is 0 Å². The molecule has 0 spiro atoms. The summed E-state index contributed by atoms with van der Waals surface area (Å²) in [6.07, 6.45) is 3.53. The van der Waals surface area contributed by atoms with Gasteiger partial charge in [-0.2, -0.15) is 16.4 Å². The van der Waals surface area contributed by atoms with E-state index < -0.39 is 0 Å². The summed E-state index contributed by atoms with van der Waals surface area (Å²) in [4.78, 5) is 4.11. The van der Waals surface area contributed by atoms with Crippen LogP contribution in [0.25, 0.3) is 22.4 Å². The molecule has 3 heterocycles. The van der Waals surface area contributed by atoms with Crippen LogP contribution in [0.2, 0.25) is 0 Å². The first-order chi connectivity index (χ1) is 8.36. The van der Waals surface area contributed by atoms with E-state index in [0.29, 0.717) is 5.82 Å². The maximum absolute atomic E-state index is 5.91. The van der Waals surface area contributed by atoms with Gasteiger partial charge in [0.15, 0.2) is 5.82 Å². The molecule has 0 saturated heterocycles. The second-order valence-corrected chi connectivity index (χ2v) is 4.39. The molecule has 0 aliphatic carbocycles. The van der Waals surface area contributed by atoms with Crippen molar-refractivity contribution >= 4 is 17.2 Å². The molecule has 17 heavy (non-hydrogen) atoms. The van der Waals surface area contributed by atoms with Gasteiger partial charge in [0.2, 0.25) is 0 Å². The predicted octanol–water partition coefficient (Wildman–Crippen LogP) is 2.78. The van der Waals surface area contributed by atoms with E-state index in [2.05, 4.69) is 20.6 Å². The zero-order chi connectivity index (χ0) is 11.7. The van der Waals surface area contributed by atoms with E-state index in [1.165, 1.54) is 0 Å².